The van der Waals surface area contributed by atoms with Gasteiger partial charge in [0.15, 0.2) is 0 Å². The second-order valence-corrected chi connectivity index (χ2v) is 10.5. The van der Waals surface area contributed by atoms with Crippen LogP contribution in [-0.2, 0) is 11.2 Å². The van der Waals surface area contributed by atoms with Gasteiger partial charge >= 0.3 is 5.97 Å². The lowest BCUT2D eigenvalue weighted by Crippen LogP contribution is -2.18. The van der Waals surface area contributed by atoms with E-state index < -0.39 is 22.7 Å². The van der Waals surface area contributed by atoms with Gasteiger partial charge in [0.25, 0.3) is 17.5 Å². The summed E-state index contributed by atoms with van der Waals surface area (Å²) in [4.78, 5) is 48.6. The standard InChI is InChI=1S/C31H21ClN4O6S/c32-28-24-15-14-23(36(40)41)17-26(24)43-29(28)31(39)34-22-12-10-20(11-13-22)30(38)35-33-18-21-8-4-5-9-25(21)42-27(37)16-19-6-2-1-3-7-19/h1-15,17-18H,16H2,(H,34,39)(H,35,38)/b33-18-. The van der Waals surface area contributed by atoms with Crippen molar-refractivity contribution in [2.45, 2.75) is 6.42 Å². The Bertz CT molecular complexity index is 1870. The predicted octanol–water partition coefficient (Wildman–Crippen LogP) is 6.63. The molecule has 12 heteroatoms. The molecule has 1 aromatic heterocycles. The number of ether oxygens (including phenoxy) is 1. The lowest BCUT2D eigenvalue weighted by molar-refractivity contribution is -0.384. The third-order valence-corrected chi connectivity index (χ3v) is 7.79. The molecule has 4 aromatic carbocycles. The van der Waals surface area contributed by atoms with Crippen LogP contribution in [-0.4, -0.2) is 28.9 Å². The number of nitrogens with one attached hydrogen (secondary N) is 2. The van der Waals surface area contributed by atoms with Crippen molar-refractivity contribution in [3.05, 3.63) is 134 Å². The average molecular weight is 613 g/mol. The Morgan fingerprint density at radius 1 is 0.930 bits per heavy atom. The zero-order valence-electron chi connectivity index (χ0n) is 22.2. The number of para-hydroxylation sites is 1. The van der Waals surface area contributed by atoms with Gasteiger partial charge in [-0.25, -0.2) is 5.43 Å². The Hall–Kier alpha value is -5.39. The van der Waals surface area contributed by atoms with Gasteiger partial charge in [0.05, 0.1) is 22.6 Å². The van der Waals surface area contributed by atoms with Gasteiger partial charge in [-0.2, -0.15) is 5.10 Å². The van der Waals surface area contributed by atoms with Crippen molar-refractivity contribution in [3.63, 3.8) is 0 Å². The fourth-order valence-corrected chi connectivity index (χ4v) is 5.48. The summed E-state index contributed by atoms with van der Waals surface area (Å²) >= 11 is 7.41. The van der Waals surface area contributed by atoms with Crippen LogP contribution in [0.5, 0.6) is 5.75 Å². The fraction of sp³-hybridized carbons (Fsp3) is 0.0323. The van der Waals surface area contributed by atoms with Gasteiger partial charge in [0, 0.05) is 39.0 Å². The zero-order valence-corrected chi connectivity index (χ0v) is 23.7. The van der Waals surface area contributed by atoms with Crippen molar-refractivity contribution in [1.82, 2.24) is 5.43 Å². The van der Waals surface area contributed by atoms with Gasteiger partial charge in [0.1, 0.15) is 10.6 Å². The molecule has 0 spiro atoms. The monoisotopic (exact) mass is 612 g/mol. The molecule has 0 atom stereocenters. The first-order valence-electron chi connectivity index (χ1n) is 12.7. The number of esters is 1. The summed E-state index contributed by atoms with van der Waals surface area (Å²) in [6.07, 6.45) is 1.49. The number of halogens is 1. The smallest absolute Gasteiger partial charge is 0.315 e. The number of amides is 2. The molecule has 0 fully saturated rings. The highest BCUT2D eigenvalue weighted by molar-refractivity contribution is 7.21. The number of rotatable bonds is 9. The first-order chi connectivity index (χ1) is 20.8. The van der Waals surface area contributed by atoms with E-state index in [9.17, 15) is 24.5 Å². The SMILES string of the molecule is O=C(Cc1ccccc1)Oc1ccccc1/C=N\NC(=O)c1ccc(NC(=O)c2sc3cc([N+](=O)[O-])ccc3c2Cl)cc1. The lowest BCUT2D eigenvalue weighted by Gasteiger charge is -2.07. The van der Waals surface area contributed by atoms with E-state index in [0.717, 1.165) is 16.9 Å². The van der Waals surface area contributed by atoms with Crippen LogP contribution in [0.25, 0.3) is 10.1 Å². The molecule has 2 amide bonds. The number of hydrazone groups is 1. The van der Waals surface area contributed by atoms with Gasteiger partial charge in [-0.1, -0.05) is 54.1 Å². The molecule has 0 saturated heterocycles. The largest absolute Gasteiger partial charge is 0.426 e. The summed E-state index contributed by atoms with van der Waals surface area (Å²) in [6.45, 7) is 0. The normalized spacial score (nSPS) is 10.9. The van der Waals surface area contributed by atoms with E-state index in [1.54, 1.807) is 36.4 Å². The number of anilines is 1. The Kier molecular flexibility index (Phi) is 8.85. The number of carbonyl (C=O) groups is 3. The second kappa shape index (κ2) is 13.1. The van der Waals surface area contributed by atoms with E-state index in [2.05, 4.69) is 15.8 Å². The van der Waals surface area contributed by atoms with Crippen LogP contribution in [0.3, 0.4) is 0 Å². The molecule has 43 heavy (non-hydrogen) atoms. The number of nitro groups is 1. The predicted molar refractivity (Wildman–Crippen MR) is 165 cm³/mol. The minimum atomic E-state index is -0.514. The number of carbonyl (C=O) groups excluding carboxylic acids is 3. The van der Waals surface area contributed by atoms with Crippen LogP contribution in [0.1, 0.15) is 31.2 Å². The molecular weight excluding hydrogens is 592 g/mol. The quantitative estimate of drug-likeness (QED) is 0.0630. The topological polar surface area (TPSA) is 140 Å². The van der Waals surface area contributed by atoms with Crippen molar-refractivity contribution >= 4 is 68.4 Å². The Morgan fingerprint density at radius 2 is 1.65 bits per heavy atom. The maximum absolute atomic E-state index is 12.9. The number of nitrogens with zero attached hydrogens (tertiary/aromatic N) is 2. The summed E-state index contributed by atoms with van der Waals surface area (Å²) in [5, 5.41) is 18.5. The first-order valence-corrected chi connectivity index (χ1v) is 13.9. The van der Waals surface area contributed by atoms with Crippen LogP contribution in [0.4, 0.5) is 11.4 Å². The third-order valence-electron chi connectivity index (χ3n) is 6.14. The number of hydrogen-bond donors (Lipinski definition) is 2. The van der Waals surface area contributed by atoms with Gasteiger partial charge in [-0.15, -0.1) is 11.3 Å². The molecule has 0 aliphatic carbocycles. The summed E-state index contributed by atoms with van der Waals surface area (Å²) in [7, 11) is 0. The van der Waals surface area contributed by atoms with Gasteiger partial charge in [0.2, 0.25) is 0 Å². The van der Waals surface area contributed by atoms with Gasteiger partial charge in [-0.05, 0) is 48.0 Å². The molecule has 0 radical (unpaired) electrons. The summed E-state index contributed by atoms with van der Waals surface area (Å²) in [5.41, 5.74) is 4.35. The molecule has 5 rings (SSSR count). The first kappa shape index (κ1) is 29.1. The molecule has 1 heterocycles. The summed E-state index contributed by atoms with van der Waals surface area (Å²) in [5.74, 6) is -1.11. The number of benzene rings is 4. The van der Waals surface area contributed by atoms with Crippen LogP contribution in [0.15, 0.2) is 102 Å². The summed E-state index contributed by atoms with van der Waals surface area (Å²) in [6, 6.07) is 26.4. The molecule has 5 aromatic rings. The number of fused-ring (bicyclic) bond motifs is 1. The highest BCUT2D eigenvalue weighted by Gasteiger charge is 2.19. The van der Waals surface area contributed by atoms with E-state index >= 15 is 0 Å². The van der Waals surface area contributed by atoms with Crippen molar-refractivity contribution in [2.24, 2.45) is 5.10 Å². The van der Waals surface area contributed by atoms with Crippen molar-refractivity contribution in [1.29, 1.82) is 0 Å². The van der Waals surface area contributed by atoms with Gasteiger partial charge < -0.3 is 10.1 Å². The van der Waals surface area contributed by atoms with E-state index in [1.807, 2.05) is 30.3 Å². The molecule has 2 N–H and O–H groups in total. The number of non-ortho nitro benzene ring substituents is 1. The highest BCUT2D eigenvalue weighted by atomic mass is 35.5. The fourth-order valence-electron chi connectivity index (χ4n) is 4.03. The molecular formula is C31H21ClN4O6S. The molecule has 0 aliphatic heterocycles. The number of hydrogen-bond acceptors (Lipinski definition) is 8. The lowest BCUT2D eigenvalue weighted by atomic mass is 10.1. The van der Waals surface area contributed by atoms with E-state index in [-0.39, 0.29) is 27.6 Å². The molecule has 10 nitrogen and oxygen atoms in total. The summed E-state index contributed by atoms with van der Waals surface area (Å²) < 4.78 is 6.01. The Morgan fingerprint density at radius 3 is 2.40 bits per heavy atom. The third kappa shape index (κ3) is 7.10. The van der Waals surface area contributed by atoms with Crippen LogP contribution >= 0.6 is 22.9 Å². The molecule has 0 bridgehead atoms. The number of nitro benzene ring substituents is 1. The second-order valence-electron chi connectivity index (χ2n) is 9.09. The zero-order chi connectivity index (χ0) is 30.3. The molecule has 214 valence electrons. The maximum Gasteiger partial charge on any atom is 0.315 e. The van der Waals surface area contributed by atoms with Crippen molar-refractivity contribution in [3.8, 4) is 5.75 Å². The molecule has 0 unspecified atom stereocenters. The minimum absolute atomic E-state index is 0.0953. The average Bonchev–Trinajstić information content (AvgIpc) is 3.34. The van der Waals surface area contributed by atoms with E-state index in [1.165, 1.54) is 36.5 Å². The van der Waals surface area contributed by atoms with Gasteiger partial charge in [-0.3, -0.25) is 24.5 Å². The number of thiophene rings is 1. The Balaban J connectivity index is 1.19. The van der Waals surface area contributed by atoms with Crippen LogP contribution in [0.2, 0.25) is 5.02 Å². The van der Waals surface area contributed by atoms with Crippen LogP contribution in [0, 0.1) is 10.1 Å². The van der Waals surface area contributed by atoms with Crippen molar-refractivity contribution in [2.75, 3.05) is 5.32 Å². The van der Waals surface area contributed by atoms with Crippen LogP contribution < -0.4 is 15.5 Å². The van der Waals surface area contributed by atoms with Crippen molar-refractivity contribution < 1.29 is 24.0 Å². The van der Waals surface area contributed by atoms with E-state index in [0.29, 0.717) is 27.1 Å². The highest BCUT2D eigenvalue weighted by Crippen LogP contribution is 2.37. The molecule has 0 aliphatic rings. The maximum atomic E-state index is 12.9. The Labute approximate surface area is 253 Å². The van der Waals surface area contributed by atoms with E-state index in [4.69, 9.17) is 16.3 Å². The minimum Gasteiger partial charge on any atom is -0.426 e. The molecule has 0 saturated carbocycles.